The lowest BCUT2D eigenvalue weighted by Crippen LogP contribution is -2.64. The molecule has 2 unspecified atom stereocenters. The highest BCUT2D eigenvalue weighted by atomic mass is 16.6. The zero-order chi connectivity index (χ0) is 46.3. The Hall–Kier alpha value is -5.38. The van der Waals surface area contributed by atoms with Gasteiger partial charge in [0.1, 0.15) is 48.7 Å². The zero-order valence-electron chi connectivity index (χ0n) is 36.0. The summed E-state index contributed by atoms with van der Waals surface area (Å²) in [5.41, 5.74) is 11.9. The van der Waals surface area contributed by atoms with Gasteiger partial charge in [-0.25, -0.2) is 9.97 Å². The molecule has 0 spiro atoms. The van der Waals surface area contributed by atoms with E-state index in [2.05, 4.69) is 33.8 Å². The van der Waals surface area contributed by atoms with Gasteiger partial charge in [-0.05, 0) is 98.2 Å². The van der Waals surface area contributed by atoms with Gasteiger partial charge in [0, 0.05) is 46.0 Å². The third kappa shape index (κ3) is 8.86. The molecule has 18 nitrogen and oxygen atoms in total. The number of hydrogen-bond acceptors (Lipinski definition) is 14. The first-order chi connectivity index (χ1) is 30.5. The van der Waals surface area contributed by atoms with Crippen LogP contribution in [0.5, 0.6) is 0 Å². The molecule has 7 rings (SSSR count). The van der Waals surface area contributed by atoms with Crippen LogP contribution in [0.4, 0.5) is 0 Å². The number of allylic oxidation sites excluding steroid dienone is 4. The molecule has 12 N–H and O–H groups in total. The lowest BCUT2D eigenvalue weighted by molar-refractivity contribution is -0.253. The number of aliphatic hydroxyl groups excluding tert-OH is 8. The summed E-state index contributed by atoms with van der Waals surface area (Å²) in [4.78, 5) is 44.1. The van der Waals surface area contributed by atoms with Crippen molar-refractivity contribution in [1.82, 2.24) is 30.6 Å². The molecule has 0 saturated carbocycles. The summed E-state index contributed by atoms with van der Waals surface area (Å²) in [7, 11) is 0. The van der Waals surface area contributed by atoms with Crippen LogP contribution in [0.1, 0.15) is 84.6 Å². The van der Waals surface area contributed by atoms with E-state index in [1.165, 1.54) is 0 Å². The first-order valence-electron chi connectivity index (χ1n) is 21.1. The number of amides is 2. The van der Waals surface area contributed by atoms with Gasteiger partial charge in [-0.3, -0.25) is 9.59 Å². The van der Waals surface area contributed by atoms with Crippen LogP contribution in [0.2, 0.25) is 0 Å². The van der Waals surface area contributed by atoms with Crippen LogP contribution >= 0.6 is 0 Å². The Bertz CT molecular complexity index is 2580. The fourth-order valence-electron chi connectivity index (χ4n) is 8.80. The van der Waals surface area contributed by atoms with E-state index in [-0.39, 0.29) is 25.7 Å². The number of nitrogens with one attached hydrogen (secondary N) is 4. The second-order valence-corrected chi connectivity index (χ2v) is 16.6. The number of nitrogens with zero attached hydrogens (tertiary/aromatic N) is 2. The average Bonchev–Trinajstić information content (AvgIpc) is 3.93. The fraction of sp³-hybridized carbons (Fsp3) is 0.435. The second kappa shape index (κ2) is 19.0. The highest BCUT2D eigenvalue weighted by Gasteiger charge is 2.45. The second-order valence-electron chi connectivity index (χ2n) is 16.6. The molecule has 18 heteroatoms. The van der Waals surface area contributed by atoms with Gasteiger partial charge in [-0.2, -0.15) is 0 Å². The largest absolute Gasteiger partial charge is 0.394 e. The molecule has 2 saturated heterocycles. The molecule has 0 aliphatic carbocycles. The highest BCUT2D eigenvalue weighted by Crippen LogP contribution is 2.38. The standard InChI is InChI=1S/C46H56N6O12/c1-7-23-19(3)27-13-28-21(5)25(9-11-37(55)51-39-43(59)41(57)35(17-53)63-45(39)61)33(49-28)16-34-26(10-12-38(56)52-40-44(60)42(58)36(18-54)64-46(40)62)22(6)30(50-34)15-32-24(8-2)20(4)29(48-32)14-31(23)47-27/h7-8,13-16,35-36,39-48,53-54,57-62H,1-2,9-12,17-18H2,3-6H3,(H,51,55)(H,52,56)/t35-,36-,39+,40+,41-,42-,43-,44-,45?,46?/m1/s1. The molecule has 7 heterocycles. The van der Waals surface area contributed by atoms with E-state index in [0.717, 1.165) is 55.5 Å². The summed E-state index contributed by atoms with van der Waals surface area (Å²) in [6.45, 7) is 14.6. The molecule has 342 valence electrons. The van der Waals surface area contributed by atoms with Gasteiger partial charge in [0.2, 0.25) is 11.8 Å². The van der Waals surface area contributed by atoms with Crippen LogP contribution in [-0.4, -0.2) is 147 Å². The van der Waals surface area contributed by atoms with Crippen LogP contribution < -0.4 is 10.6 Å². The van der Waals surface area contributed by atoms with E-state index >= 15 is 0 Å². The van der Waals surface area contributed by atoms with Crippen LogP contribution in [0, 0.1) is 13.8 Å². The van der Waals surface area contributed by atoms with E-state index in [1.54, 1.807) is 18.2 Å². The van der Waals surface area contributed by atoms with Gasteiger partial charge in [0.15, 0.2) is 12.6 Å². The van der Waals surface area contributed by atoms with Crippen LogP contribution in [0.15, 0.2) is 37.4 Å². The number of fused-ring (bicyclic) bond motifs is 8. The van der Waals surface area contributed by atoms with Crippen molar-refractivity contribution < 1.29 is 59.9 Å². The predicted octanol–water partition coefficient (Wildman–Crippen LogP) is 1.47. The van der Waals surface area contributed by atoms with Gasteiger partial charge < -0.3 is 70.9 Å². The van der Waals surface area contributed by atoms with Gasteiger partial charge in [-0.1, -0.05) is 25.3 Å². The lowest BCUT2D eigenvalue weighted by atomic mass is 9.96. The number of aromatic amines is 2. The third-order valence-electron chi connectivity index (χ3n) is 12.7. The summed E-state index contributed by atoms with van der Waals surface area (Å²) in [6, 6.07) is 4.88. The number of aliphatic hydroxyl groups is 8. The molecule has 2 amide bonds. The van der Waals surface area contributed by atoms with E-state index in [4.69, 9.17) is 19.4 Å². The number of hydrogen-bond donors (Lipinski definition) is 12. The van der Waals surface area contributed by atoms with E-state index in [9.17, 15) is 50.4 Å². The van der Waals surface area contributed by atoms with Crippen molar-refractivity contribution in [1.29, 1.82) is 0 Å². The van der Waals surface area contributed by atoms with Crippen molar-refractivity contribution in [2.24, 2.45) is 0 Å². The number of rotatable bonds is 12. The van der Waals surface area contributed by atoms with Crippen molar-refractivity contribution in [3.8, 4) is 0 Å². The smallest absolute Gasteiger partial charge is 0.220 e. The molecule has 10 atom stereocenters. The van der Waals surface area contributed by atoms with Gasteiger partial charge in [0.05, 0.1) is 36.0 Å². The number of carbonyl (C=O) groups is 2. The minimum absolute atomic E-state index is 0.127. The molecule has 8 bridgehead atoms. The number of ether oxygens (including phenoxy) is 2. The molecule has 4 aliphatic rings. The maximum absolute atomic E-state index is 13.4. The van der Waals surface area contributed by atoms with Crippen LogP contribution in [0.3, 0.4) is 0 Å². The molecule has 3 aromatic heterocycles. The SMILES string of the molecule is C=Cc1c(C)c2cc3[nH]c(cc4nc(cc5nc(cc1[nH]2)C(C)=C5CCC(=O)N[C@@H]1C(O)O[C@H](CO)[C@@H](O)[C@@H]1O)C(CCC(=O)N[C@@H]1C(O)O[C@H](CO)[C@@H](O)[C@@H]1O)=C4C)c(C)c3C=C. The lowest BCUT2D eigenvalue weighted by Gasteiger charge is -2.40. The van der Waals surface area contributed by atoms with Crippen molar-refractivity contribution in [2.45, 2.75) is 115 Å². The normalized spacial score (nSPS) is 27.1. The number of aryl methyl sites for hydroxylation is 2. The molecule has 4 aliphatic heterocycles. The van der Waals surface area contributed by atoms with E-state index in [1.807, 2.05) is 45.9 Å². The summed E-state index contributed by atoms with van der Waals surface area (Å²) >= 11 is 0. The average molecular weight is 885 g/mol. The molecule has 2 fully saturated rings. The van der Waals surface area contributed by atoms with Gasteiger partial charge in [0.25, 0.3) is 0 Å². The Labute approximate surface area is 368 Å². The zero-order valence-corrected chi connectivity index (χ0v) is 36.0. The first kappa shape index (κ1) is 46.6. The summed E-state index contributed by atoms with van der Waals surface area (Å²) < 4.78 is 10.4. The number of carbonyl (C=O) groups excluding carboxylic acids is 2. The van der Waals surface area contributed by atoms with Crippen molar-refractivity contribution in [3.05, 3.63) is 82.5 Å². The van der Waals surface area contributed by atoms with Crippen LogP contribution in [0.25, 0.3) is 56.5 Å². The Kier molecular flexibility index (Phi) is 13.8. The molecular weight excluding hydrogens is 829 g/mol. The molecule has 64 heavy (non-hydrogen) atoms. The highest BCUT2D eigenvalue weighted by molar-refractivity contribution is 5.97. The van der Waals surface area contributed by atoms with Crippen molar-refractivity contribution >= 4 is 68.3 Å². The van der Waals surface area contributed by atoms with Gasteiger partial charge >= 0.3 is 0 Å². The molecule has 0 radical (unpaired) electrons. The number of aromatic nitrogens is 4. The monoisotopic (exact) mass is 884 g/mol. The quantitative estimate of drug-likeness (QED) is 0.123. The Morgan fingerprint density at radius 2 is 1.00 bits per heavy atom. The minimum atomic E-state index is -1.69. The van der Waals surface area contributed by atoms with Crippen LogP contribution in [-0.2, 0) is 19.1 Å². The van der Waals surface area contributed by atoms with Crippen molar-refractivity contribution in [3.63, 3.8) is 0 Å². The maximum atomic E-state index is 13.4. The summed E-state index contributed by atoms with van der Waals surface area (Å²) in [5.74, 6) is -1.12. The topological polar surface area (TPSA) is 296 Å². The van der Waals surface area contributed by atoms with E-state index in [0.29, 0.717) is 33.9 Å². The maximum Gasteiger partial charge on any atom is 0.220 e. The Morgan fingerprint density at radius 3 is 1.41 bits per heavy atom. The van der Waals surface area contributed by atoms with Crippen molar-refractivity contribution in [2.75, 3.05) is 13.2 Å². The fourth-order valence-corrected chi connectivity index (χ4v) is 8.80. The Balaban J connectivity index is 1.30. The predicted molar refractivity (Wildman–Crippen MR) is 238 cm³/mol. The third-order valence-corrected chi connectivity index (χ3v) is 12.7. The molecular formula is C46H56N6O12. The molecule has 0 aromatic carbocycles. The number of H-pyrrole nitrogens is 2. The van der Waals surface area contributed by atoms with E-state index < -0.39 is 86.3 Å². The first-order valence-corrected chi connectivity index (χ1v) is 21.1. The minimum Gasteiger partial charge on any atom is -0.394 e. The molecule has 3 aromatic rings. The summed E-state index contributed by atoms with van der Waals surface area (Å²) in [5, 5.41) is 87.2. The summed E-state index contributed by atoms with van der Waals surface area (Å²) in [6.07, 6.45) is -8.59. The Morgan fingerprint density at radius 1 is 0.609 bits per heavy atom. The van der Waals surface area contributed by atoms with Gasteiger partial charge in [-0.15, -0.1) is 0 Å².